The molecule has 3 aromatic rings. The van der Waals surface area contributed by atoms with Crippen molar-refractivity contribution < 1.29 is 9.59 Å². The van der Waals surface area contributed by atoms with E-state index in [1.807, 2.05) is 63.2 Å². The van der Waals surface area contributed by atoms with Gasteiger partial charge in [0.25, 0.3) is 5.91 Å². The Labute approximate surface area is 175 Å². The molecular weight excluding hydrogens is 382 g/mol. The summed E-state index contributed by atoms with van der Waals surface area (Å²) in [7, 11) is 1.78. The minimum atomic E-state index is -0.588. The molecule has 6 heteroatoms. The topological polar surface area (TPSA) is 62.3 Å². The number of amides is 2. The third-order valence-electron chi connectivity index (χ3n) is 5.40. The van der Waals surface area contributed by atoms with E-state index in [0.717, 1.165) is 21.6 Å². The molecule has 3 rings (SSSR count). The van der Waals surface area contributed by atoms with Gasteiger partial charge in [0, 0.05) is 12.6 Å². The summed E-state index contributed by atoms with van der Waals surface area (Å²) >= 11 is 1.60. The predicted octanol–water partition coefficient (Wildman–Crippen LogP) is 4.66. The zero-order valence-corrected chi connectivity index (χ0v) is 18.1. The van der Waals surface area contributed by atoms with Gasteiger partial charge in [-0.1, -0.05) is 50.6 Å². The van der Waals surface area contributed by atoms with E-state index >= 15 is 0 Å². The third kappa shape index (κ3) is 4.65. The van der Waals surface area contributed by atoms with Gasteiger partial charge in [0.05, 0.1) is 16.3 Å². The molecule has 0 aliphatic carbocycles. The minimum absolute atomic E-state index is 0.0141. The Hall–Kier alpha value is -2.73. The van der Waals surface area contributed by atoms with Crippen LogP contribution in [0.1, 0.15) is 48.6 Å². The Bertz CT molecular complexity index is 953. The number of nitrogens with one attached hydrogen (secondary N) is 1. The van der Waals surface area contributed by atoms with Gasteiger partial charge < -0.3 is 10.2 Å². The molecular formula is C23H27N3O2S. The fraction of sp³-hybridized carbons (Fsp3) is 0.348. The molecule has 0 saturated heterocycles. The maximum atomic E-state index is 13.3. The highest BCUT2D eigenvalue weighted by Crippen LogP contribution is 2.29. The van der Waals surface area contributed by atoms with Crippen molar-refractivity contribution in [2.45, 2.75) is 39.3 Å². The Kier molecular flexibility index (Phi) is 6.64. The van der Waals surface area contributed by atoms with Crippen molar-refractivity contribution in [1.29, 1.82) is 0 Å². The summed E-state index contributed by atoms with van der Waals surface area (Å²) in [6.45, 7) is 5.99. The van der Waals surface area contributed by atoms with E-state index in [0.29, 0.717) is 5.56 Å². The molecule has 5 nitrogen and oxygen atoms in total. The summed E-state index contributed by atoms with van der Waals surface area (Å²) in [6.07, 6.45) is 0.787. The first-order valence-corrected chi connectivity index (χ1v) is 10.7. The number of carbonyl (C=O) groups is 2. The maximum absolute atomic E-state index is 13.3. The van der Waals surface area contributed by atoms with Gasteiger partial charge in [0.1, 0.15) is 11.0 Å². The summed E-state index contributed by atoms with van der Waals surface area (Å²) in [5.74, 6) is -0.319. The molecule has 1 aromatic heterocycles. The summed E-state index contributed by atoms with van der Waals surface area (Å²) < 4.78 is 1.10. The zero-order chi connectivity index (χ0) is 21.0. The van der Waals surface area contributed by atoms with Crippen LogP contribution in [0.4, 0.5) is 0 Å². The van der Waals surface area contributed by atoms with E-state index in [4.69, 9.17) is 0 Å². The van der Waals surface area contributed by atoms with Gasteiger partial charge in [0.15, 0.2) is 0 Å². The molecule has 29 heavy (non-hydrogen) atoms. The number of rotatable bonds is 7. The lowest BCUT2D eigenvalue weighted by atomic mass is 9.97. The SMILES string of the molecule is CC[C@H](C)[C@H](NC(=O)c1ccccc1)C(=O)N(C)[C@H](C)c1nc2ccccc2s1. The molecule has 0 fully saturated rings. The number of carbonyl (C=O) groups excluding carboxylic acids is 2. The van der Waals surface area contributed by atoms with Crippen molar-refractivity contribution in [2.24, 2.45) is 5.92 Å². The van der Waals surface area contributed by atoms with Crippen molar-refractivity contribution in [2.75, 3.05) is 7.05 Å². The number of para-hydroxylation sites is 1. The fourth-order valence-corrected chi connectivity index (χ4v) is 4.20. The van der Waals surface area contributed by atoms with E-state index in [1.165, 1.54) is 0 Å². The van der Waals surface area contributed by atoms with Crippen LogP contribution in [0.15, 0.2) is 54.6 Å². The van der Waals surface area contributed by atoms with Crippen LogP contribution in [-0.4, -0.2) is 34.8 Å². The lowest BCUT2D eigenvalue weighted by Gasteiger charge is -2.31. The van der Waals surface area contributed by atoms with E-state index in [1.54, 1.807) is 35.4 Å². The summed E-state index contributed by atoms with van der Waals surface area (Å²) in [6, 6.07) is 16.2. The van der Waals surface area contributed by atoms with Crippen LogP contribution < -0.4 is 5.32 Å². The Morgan fingerprint density at radius 3 is 2.38 bits per heavy atom. The minimum Gasteiger partial charge on any atom is -0.340 e. The van der Waals surface area contributed by atoms with Crippen LogP contribution >= 0.6 is 11.3 Å². The van der Waals surface area contributed by atoms with Crippen molar-refractivity contribution >= 4 is 33.4 Å². The molecule has 2 aromatic carbocycles. The maximum Gasteiger partial charge on any atom is 0.251 e. The third-order valence-corrected chi connectivity index (χ3v) is 6.60. The molecule has 0 bridgehead atoms. The molecule has 0 spiro atoms. The quantitative estimate of drug-likeness (QED) is 0.617. The number of hydrogen-bond acceptors (Lipinski definition) is 4. The molecule has 0 aliphatic rings. The molecule has 0 radical (unpaired) electrons. The van der Waals surface area contributed by atoms with Crippen LogP contribution in [0.5, 0.6) is 0 Å². The van der Waals surface area contributed by atoms with E-state index < -0.39 is 6.04 Å². The average molecular weight is 410 g/mol. The number of fused-ring (bicyclic) bond motifs is 1. The second-order valence-corrected chi connectivity index (χ2v) is 8.41. The van der Waals surface area contributed by atoms with E-state index in [2.05, 4.69) is 10.3 Å². The Morgan fingerprint density at radius 2 is 1.72 bits per heavy atom. The van der Waals surface area contributed by atoms with Crippen LogP contribution in [-0.2, 0) is 4.79 Å². The summed E-state index contributed by atoms with van der Waals surface area (Å²) in [5, 5.41) is 3.84. The molecule has 0 unspecified atom stereocenters. The molecule has 0 saturated carbocycles. The highest BCUT2D eigenvalue weighted by Gasteiger charge is 2.31. The van der Waals surface area contributed by atoms with Gasteiger partial charge in [-0.05, 0) is 37.1 Å². The number of aromatic nitrogens is 1. The van der Waals surface area contributed by atoms with Crippen molar-refractivity contribution in [1.82, 2.24) is 15.2 Å². The molecule has 1 N–H and O–H groups in total. The van der Waals surface area contributed by atoms with E-state index in [-0.39, 0.29) is 23.8 Å². The normalized spacial score (nSPS) is 14.2. The van der Waals surface area contributed by atoms with Gasteiger partial charge in [-0.2, -0.15) is 0 Å². The summed E-state index contributed by atoms with van der Waals surface area (Å²) in [4.78, 5) is 32.4. The number of nitrogens with zero attached hydrogens (tertiary/aromatic N) is 2. The number of thiazole rings is 1. The molecule has 2 amide bonds. The van der Waals surface area contributed by atoms with Gasteiger partial charge in [-0.25, -0.2) is 4.98 Å². The average Bonchev–Trinajstić information content (AvgIpc) is 3.20. The zero-order valence-electron chi connectivity index (χ0n) is 17.3. The number of likely N-dealkylation sites (N-methyl/N-ethyl adjacent to an activating group) is 1. The smallest absolute Gasteiger partial charge is 0.251 e. The van der Waals surface area contributed by atoms with Crippen molar-refractivity contribution in [3.8, 4) is 0 Å². The first-order valence-electron chi connectivity index (χ1n) is 9.90. The lowest BCUT2D eigenvalue weighted by molar-refractivity contribution is -0.135. The number of benzene rings is 2. The monoisotopic (exact) mass is 409 g/mol. The second kappa shape index (κ2) is 9.18. The van der Waals surface area contributed by atoms with Gasteiger partial charge in [-0.15, -0.1) is 11.3 Å². The van der Waals surface area contributed by atoms with Crippen molar-refractivity contribution in [3.63, 3.8) is 0 Å². The van der Waals surface area contributed by atoms with Crippen LogP contribution in [0.2, 0.25) is 0 Å². The predicted molar refractivity (Wildman–Crippen MR) is 118 cm³/mol. The molecule has 152 valence electrons. The van der Waals surface area contributed by atoms with Gasteiger partial charge in [-0.3, -0.25) is 9.59 Å². The standard InChI is InChI=1S/C23H27N3O2S/c1-5-15(2)20(25-21(27)17-11-7-6-8-12-17)23(28)26(4)16(3)22-24-18-13-9-10-14-19(18)29-22/h6-16,20H,5H2,1-4H3,(H,25,27)/t15-,16+,20-/m0/s1. The summed E-state index contributed by atoms with van der Waals surface area (Å²) in [5.41, 5.74) is 1.49. The first-order chi connectivity index (χ1) is 13.9. The Morgan fingerprint density at radius 1 is 1.07 bits per heavy atom. The Balaban J connectivity index is 1.79. The second-order valence-electron chi connectivity index (χ2n) is 7.35. The molecule has 1 heterocycles. The molecule has 0 aliphatic heterocycles. The van der Waals surface area contributed by atoms with Crippen LogP contribution in [0.3, 0.4) is 0 Å². The highest BCUT2D eigenvalue weighted by molar-refractivity contribution is 7.18. The highest BCUT2D eigenvalue weighted by atomic mass is 32.1. The van der Waals surface area contributed by atoms with Gasteiger partial charge in [0.2, 0.25) is 5.91 Å². The number of hydrogen-bond donors (Lipinski definition) is 1. The van der Waals surface area contributed by atoms with Crippen molar-refractivity contribution in [3.05, 3.63) is 65.2 Å². The largest absolute Gasteiger partial charge is 0.340 e. The molecule has 3 atom stereocenters. The van der Waals surface area contributed by atoms with Crippen LogP contribution in [0.25, 0.3) is 10.2 Å². The first kappa shape index (κ1) is 21.0. The lowest BCUT2D eigenvalue weighted by Crippen LogP contribution is -2.51. The van der Waals surface area contributed by atoms with E-state index in [9.17, 15) is 9.59 Å². The van der Waals surface area contributed by atoms with Gasteiger partial charge >= 0.3 is 0 Å². The fourth-order valence-electron chi connectivity index (χ4n) is 3.14. The van der Waals surface area contributed by atoms with Crippen LogP contribution in [0, 0.1) is 5.92 Å².